The number of carbonyl (C=O) groups excluding carboxylic acids is 1. The lowest BCUT2D eigenvalue weighted by Crippen LogP contribution is -2.20. The van der Waals surface area contributed by atoms with Crippen LogP contribution in [0.5, 0.6) is 5.75 Å². The number of nitrogens with one attached hydrogen (secondary N) is 1. The summed E-state index contributed by atoms with van der Waals surface area (Å²) in [4.78, 5) is 12.0. The third-order valence-electron chi connectivity index (χ3n) is 3.53. The van der Waals surface area contributed by atoms with E-state index in [0.717, 1.165) is 11.3 Å². The van der Waals surface area contributed by atoms with Crippen molar-refractivity contribution in [3.05, 3.63) is 58.6 Å². The first-order valence-corrected chi connectivity index (χ1v) is 7.93. The van der Waals surface area contributed by atoms with Gasteiger partial charge in [0, 0.05) is 10.7 Å². The van der Waals surface area contributed by atoms with E-state index in [-0.39, 0.29) is 17.9 Å². The highest BCUT2D eigenvalue weighted by Gasteiger charge is 2.13. The average Bonchev–Trinajstić information content (AvgIpc) is 2.46. The summed E-state index contributed by atoms with van der Waals surface area (Å²) in [6.45, 7) is 8.32. The molecule has 0 radical (unpaired) electrons. The summed E-state index contributed by atoms with van der Waals surface area (Å²) in [5.41, 5.74) is 2.99. The van der Waals surface area contributed by atoms with Crippen molar-refractivity contribution < 1.29 is 9.53 Å². The average molecular weight is 332 g/mol. The maximum atomic E-state index is 12.0. The molecule has 0 saturated heterocycles. The number of hydrogen-bond acceptors (Lipinski definition) is 2. The van der Waals surface area contributed by atoms with Crippen LogP contribution in [0.25, 0.3) is 0 Å². The molecule has 2 aromatic carbocycles. The van der Waals surface area contributed by atoms with Gasteiger partial charge in [-0.15, -0.1) is 0 Å². The Labute approximate surface area is 142 Å². The highest BCUT2D eigenvalue weighted by atomic mass is 35.5. The number of carbonyl (C=O) groups is 1. The summed E-state index contributed by atoms with van der Waals surface area (Å²) < 4.78 is 5.53. The topological polar surface area (TPSA) is 38.3 Å². The second-order valence-corrected chi connectivity index (χ2v) is 7.01. The minimum absolute atomic E-state index is 0.0382. The number of hydrogen-bond donors (Lipinski definition) is 1. The van der Waals surface area contributed by atoms with Gasteiger partial charge in [0.1, 0.15) is 5.75 Å². The van der Waals surface area contributed by atoms with Crippen molar-refractivity contribution in [1.82, 2.24) is 0 Å². The minimum Gasteiger partial charge on any atom is -0.483 e. The van der Waals surface area contributed by atoms with Crippen molar-refractivity contribution >= 4 is 23.2 Å². The van der Waals surface area contributed by atoms with Crippen LogP contribution in [0.15, 0.2) is 42.5 Å². The number of amides is 1. The van der Waals surface area contributed by atoms with Crippen LogP contribution in [0.4, 0.5) is 5.69 Å². The second-order valence-electron chi connectivity index (χ2n) is 6.57. The van der Waals surface area contributed by atoms with Crippen molar-refractivity contribution in [2.24, 2.45) is 0 Å². The van der Waals surface area contributed by atoms with Crippen molar-refractivity contribution in [2.75, 3.05) is 11.9 Å². The van der Waals surface area contributed by atoms with E-state index in [0.29, 0.717) is 10.8 Å². The Hall–Kier alpha value is -2.00. The van der Waals surface area contributed by atoms with Crippen molar-refractivity contribution in [3.8, 4) is 5.75 Å². The molecule has 23 heavy (non-hydrogen) atoms. The number of ether oxygens (including phenoxy) is 1. The highest BCUT2D eigenvalue weighted by Crippen LogP contribution is 2.24. The van der Waals surface area contributed by atoms with E-state index in [1.165, 1.54) is 5.56 Å². The molecule has 0 aromatic heterocycles. The maximum absolute atomic E-state index is 12.0. The molecule has 0 unspecified atom stereocenters. The molecule has 2 aromatic rings. The summed E-state index contributed by atoms with van der Waals surface area (Å²) in [6, 6.07) is 13.2. The Balaban J connectivity index is 1.92. The number of anilines is 1. The molecule has 0 bridgehead atoms. The van der Waals surface area contributed by atoms with Crippen LogP contribution in [0.2, 0.25) is 5.02 Å². The quantitative estimate of drug-likeness (QED) is 0.859. The molecule has 0 aliphatic rings. The Morgan fingerprint density at radius 2 is 1.78 bits per heavy atom. The third kappa shape index (κ3) is 5.00. The van der Waals surface area contributed by atoms with Crippen LogP contribution >= 0.6 is 11.6 Å². The summed E-state index contributed by atoms with van der Waals surface area (Å²) in [5.74, 6) is 0.468. The van der Waals surface area contributed by atoms with Crippen LogP contribution < -0.4 is 10.1 Å². The molecule has 1 N–H and O–H groups in total. The fraction of sp³-hybridized carbons (Fsp3) is 0.316. The summed E-state index contributed by atoms with van der Waals surface area (Å²) in [5, 5.41) is 3.48. The molecular formula is C19H22ClNO2. The lowest BCUT2D eigenvalue weighted by molar-refractivity contribution is -0.118. The van der Waals surface area contributed by atoms with Gasteiger partial charge in [0.15, 0.2) is 6.61 Å². The zero-order valence-electron chi connectivity index (χ0n) is 13.9. The molecule has 4 heteroatoms. The molecule has 3 nitrogen and oxygen atoms in total. The number of rotatable bonds is 4. The summed E-state index contributed by atoms with van der Waals surface area (Å²) in [6.07, 6.45) is 0. The van der Waals surface area contributed by atoms with Crippen LogP contribution in [-0.2, 0) is 10.2 Å². The zero-order valence-corrected chi connectivity index (χ0v) is 14.7. The molecule has 0 heterocycles. The maximum Gasteiger partial charge on any atom is 0.262 e. The minimum atomic E-state index is -0.192. The molecule has 0 saturated carbocycles. The molecule has 1 amide bonds. The Morgan fingerprint density at radius 1 is 1.13 bits per heavy atom. The third-order valence-corrected chi connectivity index (χ3v) is 3.77. The predicted octanol–water partition coefficient (Wildman–Crippen LogP) is 4.96. The first kappa shape index (κ1) is 17.4. The van der Waals surface area contributed by atoms with E-state index in [1.54, 1.807) is 18.2 Å². The molecular weight excluding hydrogens is 310 g/mol. The molecule has 2 rings (SSSR count). The normalized spacial score (nSPS) is 11.2. The predicted molar refractivity (Wildman–Crippen MR) is 95.5 cm³/mol. The van der Waals surface area contributed by atoms with E-state index in [4.69, 9.17) is 16.3 Å². The van der Waals surface area contributed by atoms with Gasteiger partial charge in [-0.05, 0) is 53.8 Å². The number of aryl methyl sites for hydroxylation is 1. The molecule has 0 aliphatic heterocycles. The van der Waals surface area contributed by atoms with Gasteiger partial charge in [0.25, 0.3) is 5.91 Å². The zero-order chi connectivity index (χ0) is 17.0. The number of benzene rings is 2. The molecule has 0 atom stereocenters. The molecule has 0 aliphatic carbocycles. The lowest BCUT2D eigenvalue weighted by atomic mass is 9.87. The smallest absolute Gasteiger partial charge is 0.262 e. The van der Waals surface area contributed by atoms with E-state index in [2.05, 4.69) is 26.1 Å². The van der Waals surface area contributed by atoms with Gasteiger partial charge in [-0.3, -0.25) is 4.79 Å². The van der Waals surface area contributed by atoms with Crippen LogP contribution in [0, 0.1) is 6.92 Å². The Bertz CT molecular complexity index is 688. The first-order chi connectivity index (χ1) is 10.8. The fourth-order valence-corrected chi connectivity index (χ4v) is 2.40. The van der Waals surface area contributed by atoms with Gasteiger partial charge in [0.2, 0.25) is 0 Å². The van der Waals surface area contributed by atoms with Crippen LogP contribution in [0.1, 0.15) is 31.9 Å². The SMILES string of the molecule is Cc1cc(Cl)ccc1OCC(=O)Nc1ccc(C(C)(C)C)cc1. The lowest BCUT2D eigenvalue weighted by Gasteiger charge is -2.19. The van der Waals surface area contributed by atoms with Gasteiger partial charge in [-0.2, -0.15) is 0 Å². The second kappa shape index (κ2) is 7.05. The molecule has 0 fully saturated rings. The van der Waals surface area contributed by atoms with E-state index in [1.807, 2.05) is 31.2 Å². The van der Waals surface area contributed by atoms with Crippen molar-refractivity contribution in [1.29, 1.82) is 0 Å². The summed E-state index contributed by atoms with van der Waals surface area (Å²) in [7, 11) is 0. The van der Waals surface area contributed by atoms with Crippen LogP contribution in [-0.4, -0.2) is 12.5 Å². The first-order valence-electron chi connectivity index (χ1n) is 7.55. The van der Waals surface area contributed by atoms with Gasteiger partial charge in [-0.25, -0.2) is 0 Å². The Kier molecular flexibility index (Phi) is 5.32. The van der Waals surface area contributed by atoms with Gasteiger partial charge >= 0.3 is 0 Å². The molecule has 122 valence electrons. The van der Waals surface area contributed by atoms with Crippen molar-refractivity contribution in [3.63, 3.8) is 0 Å². The largest absolute Gasteiger partial charge is 0.483 e. The van der Waals surface area contributed by atoms with Crippen molar-refractivity contribution in [2.45, 2.75) is 33.1 Å². The van der Waals surface area contributed by atoms with E-state index in [9.17, 15) is 4.79 Å². The fourth-order valence-electron chi connectivity index (χ4n) is 2.17. The van der Waals surface area contributed by atoms with E-state index >= 15 is 0 Å². The van der Waals surface area contributed by atoms with Gasteiger partial charge in [-0.1, -0.05) is 44.5 Å². The Morgan fingerprint density at radius 3 is 2.35 bits per heavy atom. The monoisotopic (exact) mass is 331 g/mol. The number of halogens is 1. The standard InChI is InChI=1S/C19H22ClNO2/c1-13-11-15(20)7-10-17(13)23-12-18(22)21-16-8-5-14(6-9-16)19(2,3)4/h5-11H,12H2,1-4H3,(H,21,22). The summed E-state index contributed by atoms with van der Waals surface area (Å²) >= 11 is 5.90. The highest BCUT2D eigenvalue weighted by molar-refractivity contribution is 6.30. The molecule has 0 spiro atoms. The van der Waals surface area contributed by atoms with Gasteiger partial charge < -0.3 is 10.1 Å². The van der Waals surface area contributed by atoms with Gasteiger partial charge in [0.05, 0.1) is 0 Å². The van der Waals surface area contributed by atoms with Crippen LogP contribution in [0.3, 0.4) is 0 Å². The van der Waals surface area contributed by atoms with E-state index < -0.39 is 0 Å².